The summed E-state index contributed by atoms with van der Waals surface area (Å²) in [4.78, 5) is 14.0. The normalized spacial score (nSPS) is 19.4. The summed E-state index contributed by atoms with van der Waals surface area (Å²) in [5.41, 5.74) is 0.878. The summed E-state index contributed by atoms with van der Waals surface area (Å²) in [6.45, 7) is 5.02. The zero-order valence-corrected chi connectivity index (χ0v) is 10.9. The first-order valence-electron chi connectivity index (χ1n) is 6.33. The third-order valence-corrected chi connectivity index (χ3v) is 2.86. The van der Waals surface area contributed by atoms with Crippen molar-refractivity contribution in [2.45, 2.75) is 32.7 Å². The van der Waals surface area contributed by atoms with Crippen LogP contribution in [0.25, 0.3) is 0 Å². The van der Waals surface area contributed by atoms with Crippen LogP contribution in [0.4, 0.5) is 5.69 Å². The number of carbonyl (C=O) groups is 1. The third-order valence-electron chi connectivity index (χ3n) is 2.86. The topological polar surface area (TPSA) is 32.3 Å². The Balaban J connectivity index is 0.000000686. The van der Waals surface area contributed by atoms with Crippen molar-refractivity contribution in [1.82, 2.24) is 4.90 Å². The van der Waals surface area contributed by atoms with Crippen LogP contribution in [0, 0.1) is 0 Å². The highest BCUT2D eigenvalue weighted by Gasteiger charge is 2.27. The lowest BCUT2D eigenvalue weighted by Crippen LogP contribution is -2.37. The van der Waals surface area contributed by atoms with Crippen LogP contribution in [-0.4, -0.2) is 30.4 Å². The monoisotopic (exact) mass is 234 g/mol. The number of rotatable bonds is 2. The Bertz CT molecular complexity index is 337. The number of hydrogen-bond donors (Lipinski definition) is 1. The van der Waals surface area contributed by atoms with Crippen LogP contribution in [0.15, 0.2) is 30.3 Å². The molecule has 1 aromatic rings. The molecule has 1 aromatic carbocycles. The molecule has 2 rings (SSSR count). The van der Waals surface area contributed by atoms with Crippen LogP contribution in [0.2, 0.25) is 0 Å². The number of nitrogens with zero attached hydrogens (tertiary/aromatic N) is 1. The van der Waals surface area contributed by atoms with Crippen molar-refractivity contribution in [1.29, 1.82) is 0 Å². The maximum absolute atomic E-state index is 11.9. The molecule has 1 N–H and O–H groups in total. The average Bonchev–Trinajstić information content (AvgIpc) is 2.79. The highest BCUT2D eigenvalue weighted by Crippen LogP contribution is 2.16. The predicted molar refractivity (Wildman–Crippen MR) is 72.1 cm³/mol. The quantitative estimate of drug-likeness (QED) is 0.853. The number of benzene rings is 1. The molecule has 1 saturated heterocycles. The van der Waals surface area contributed by atoms with Crippen LogP contribution in [0.5, 0.6) is 0 Å². The Kier molecular flexibility index (Phi) is 5.70. The van der Waals surface area contributed by atoms with Crippen LogP contribution < -0.4 is 5.32 Å². The molecule has 3 heteroatoms. The Morgan fingerprint density at radius 3 is 2.47 bits per heavy atom. The number of likely N-dealkylation sites (tertiary alicyclic amines) is 1. The van der Waals surface area contributed by atoms with Gasteiger partial charge in [-0.25, -0.2) is 0 Å². The lowest BCUT2D eigenvalue weighted by molar-refractivity contribution is -0.119. The molecule has 1 aliphatic rings. The number of anilines is 1. The molecule has 1 heterocycles. The Morgan fingerprint density at radius 1 is 1.29 bits per heavy atom. The first-order chi connectivity index (χ1) is 8.27. The highest BCUT2D eigenvalue weighted by molar-refractivity contribution is 5.94. The second-order valence-electron chi connectivity index (χ2n) is 3.99. The molecule has 0 spiro atoms. The molecular weight excluding hydrogens is 212 g/mol. The van der Waals surface area contributed by atoms with E-state index in [2.05, 4.69) is 10.2 Å². The van der Waals surface area contributed by atoms with Crippen molar-refractivity contribution in [2.24, 2.45) is 0 Å². The van der Waals surface area contributed by atoms with Crippen molar-refractivity contribution in [2.75, 3.05) is 18.9 Å². The van der Waals surface area contributed by atoms with Crippen molar-refractivity contribution in [3.8, 4) is 0 Å². The fourth-order valence-electron chi connectivity index (χ4n) is 1.99. The summed E-state index contributed by atoms with van der Waals surface area (Å²) < 4.78 is 0. The van der Waals surface area contributed by atoms with Gasteiger partial charge >= 0.3 is 0 Å². The molecule has 1 amide bonds. The fraction of sp³-hybridized carbons (Fsp3) is 0.500. The number of amides is 1. The smallest absolute Gasteiger partial charge is 0.241 e. The number of para-hydroxylation sites is 1. The van der Waals surface area contributed by atoms with E-state index >= 15 is 0 Å². The summed E-state index contributed by atoms with van der Waals surface area (Å²) >= 11 is 0. The molecule has 3 nitrogen and oxygen atoms in total. The van der Waals surface area contributed by atoms with Gasteiger partial charge in [-0.2, -0.15) is 0 Å². The Hall–Kier alpha value is -1.35. The minimum Gasteiger partial charge on any atom is -0.325 e. The first-order valence-corrected chi connectivity index (χ1v) is 6.33. The van der Waals surface area contributed by atoms with E-state index in [9.17, 15) is 4.79 Å². The van der Waals surface area contributed by atoms with E-state index < -0.39 is 0 Å². The molecule has 0 radical (unpaired) electrons. The second-order valence-corrected chi connectivity index (χ2v) is 3.99. The van der Waals surface area contributed by atoms with Gasteiger partial charge in [-0.15, -0.1) is 0 Å². The van der Waals surface area contributed by atoms with Gasteiger partial charge in [-0.3, -0.25) is 9.69 Å². The minimum atomic E-state index is 0.0465. The summed E-state index contributed by atoms with van der Waals surface area (Å²) in [7, 11) is 2.00. The number of nitrogens with one attached hydrogen (secondary N) is 1. The summed E-state index contributed by atoms with van der Waals surface area (Å²) in [6.07, 6.45) is 2.08. The second kappa shape index (κ2) is 7.07. The van der Waals surface area contributed by atoms with Gasteiger partial charge in [0.05, 0.1) is 6.04 Å². The maximum atomic E-state index is 11.9. The van der Waals surface area contributed by atoms with E-state index in [-0.39, 0.29) is 11.9 Å². The number of likely N-dealkylation sites (N-methyl/N-ethyl adjacent to an activating group) is 1. The van der Waals surface area contributed by atoms with Gasteiger partial charge in [-0.1, -0.05) is 32.0 Å². The van der Waals surface area contributed by atoms with Crippen LogP contribution in [-0.2, 0) is 4.79 Å². The minimum absolute atomic E-state index is 0.0465. The van der Waals surface area contributed by atoms with Crippen molar-refractivity contribution in [3.05, 3.63) is 30.3 Å². The van der Waals surface area contributed by atoms with Gasteiger partial charge in [0.2, 0.25) is 5.91 Å². The molecule has 17 heavy (non-hydrogen) atoms. The molecule has 1 atom stereocenters. The van der Waals surface area contributed by atoms with E-state index in [1.54, 1.807) is 0 Å². The lowest BCUT2D eigenvalue weighted by atomic mass is 10.2. The SMILES string of the molecule is CC.CN1CCCC1C(=O)Nc1ccccc1. The largest absolute Gasteiger partial charge is 0.325 e. The van der Waals surface area contributed by atoms with Gasteiger partial charge < -0.3 is 5.32 Å². The molecule has 0 saturated carbocycles. The Morgan fingerprint density at radius 2 is 1.94 bits per heavy atom. The summed E-state index contributed by atoms with van der Waals surface area (Å²) in [5.74, 6) is 0.112. The van der Waals surface area contributed by atoms with Gasteiger partial charge in [0, 0.05) is 5.69 Å². The van der Waals surface area contributed by atoms with Crippen molar-refractivity contribution in [3.63, 3.8) is 0 Å². The predicted octanol–water partition coefficient (Wildman–Crippen LogP) is 2.75. The molecular formula is C14H22N2O. The molecule has 0 aliphatic carbocycles. The number of hydrogen-bond acceptors (Lipinski definition) is 2. The van der Waals surface area contributed by atoms with Gasteiger partial charge in [-0.05, 0) is 38.6 Å². The molecule has 0 bridgehead atoms. The molecule has 0 aromatic heterocycles. The van der Waals surface area contributed by atoms with E-state index in [0.717, 1.165) is 25.1 Å². The fourth-order valence-corrected chi connectivity index (χ4v) is 1.99. The van der Waals surface area contributed by atoms with Crippen LogP contribution in [0.3, 0.4) is 0 Å². The number of carbonyl (C=O) groups excluding carboxylic acids is 1. The van der Waals surface area contributed by atoms with Gasteiger partial charge in [0.25, 0.3) is 0 Å². The van der Waals surface area contributed by atoms with E-state index in [4.69, 9.17) is 0 Å². The first kappa shape index (κ1) is 13.7. The summed E-state index contributed by atoms with van der Waals surface area (Å²) in [5, 5.41) is 2.93. The standard InChI is InChI=1S/C12H16N2O.C2H6/c1-14-9-5-8-11(14)12(15)13-10-6-3-2-4-7-10;1-2/h2-4,6-7,11H,5,8-9H2,1H3,(H,13,15);1-2H3. The Labute approximate surface area is 104 Å². The zero-order valence-electron chi connectivity index (χ0n) is 10.9. The molecule has 1 fully saturated rings. The molecule has 1 unspecified atom stereocenters. The van der Waals surface area contributed by atoms with E-state index in [1.165, 1.54) is 0 Å². The average molecular weight is 234 g/mol. The van der Waals surface area contributed by atoms with Crippen molar-refractivity contribution < 1.29 is 4.79 Å². The van der Waals surface area contributed by atoms with E-state index in [1.807, 2.05) is 51.2 Å². The van der Waals surface area contributed by atoms with Crippen molar-refractivity contribution >= 4 is 11.6 Å². The molecule has 94 valence electrons. The molecule has 1 aliphatic heterocycles. The van der Waals surface area contributed by atoms with E-state index in [0.29, 0.717) is 0 Å². The third kappa shape index (κ3) is 3.86. The van der Waals surface area contributed by atoms with Crippen LogP contribution >= 0.6 is 0 Å². The van der Waals surface area contributed by atoms with Gasteiger partial charge in [0.15, 0.2) is 0 Å². The lowest BCUT2D eigenvalue weighted by Gasteiger charge is -2.18. The van der Waals surface area contributed by atoms with Crippen LogP contribution in [0.1, 0.15) is 26.7 Å². The van der Waals surface area contributed by atoms with Gasteiger partial charge in [0.1, 0.15) is 0 Å². The zero-order chi connectivity index (χ0) is 12.7. The summed E-state index contributed by atoms with van der Waals surface area (Å²) in [6, 6.07) is 9.66. The highest BCUT2D eigenvalue weighted by atomic mass is 16.2. The maximum Gasteiger partial charge on any atom is 0.241 e.